The molecule has 3 heterocycles. The number of benzene rings is 2. The average molecular weight is 1210 g/mol. The van der Waals surface area contributed by atoms with E-state index in [0.29, 0.717) is 25.7 Å². The molecule has 0 radical (unpaired) electrons. The molecular formula is C67H111F2N2O12P. The van der Waals surface area contributed by atoms with Gasteiger partial charge in [0, 0.05) is 32.0 Å². The Hall–Kier alpha value is -2.73. The largest absolute Gasteiger partial charge is 0.388 e. The minimum Gasteiger partial charge on any atom is -0.388 e. The van der Waals surface area contributed by atoms with Crippen molar-refractivity contribution in [2.75, 3.05) is 33.9 Å². The number of nitrogens with zero attached hydrogens (tertiary/aromatic N) is 2. The van der Waals surface area contributed by atoms with Crippen molar-refractivity contribution in [3.05, 3.63) is 60.7 Å². The van der Waals surface area contributed by atoms with Crippen LogP contribution in [0, 0.1) is 23.7 Å². The number of alkyl halides is 2. The second-order valence-electron chi connectivity index (χ2n) is 27.4. The third kappa shape index (κ3) is 16.9. The molecule has 1 saturated carbocycles. The molecule has 14 nitrogen and oxygen atoms in total. The number of methoxy groups -OCH3 is 1. The van der Waals surface area contributed by atoms with Crippen molar-refractivity contribution >= 4 is 29.7 Å². The molecule has 2 aromatic rings. The molecule has 1 unspecified atom stereocenters. The van der Waals surface area contributed by atoms with Crippen molar-refractivity contribution in [3.63, 3.8) is 0 Å². The third-order valence-corrected chi connectivity index (χ3v) is 26.4. The van der Waals surface area contributed by atoms with Crippen molar-refractivity contribution in [3.8, 4) is 0 Å². The fraction of sp³-hybridized carbons (Fsp3) is 0.791. The molecule has 1 aliphatic carbocycles. The number of hydrogen-bond donors (Lipinski definition) is 5. The number of carbonyl (C=O) groups is 2. The van der Waals surface area contributed by atoms with Crippen LogP contribution in [0.2, 0.25) is 0 Å². The Morgan fingerprint density at radius 1 is 0.786 bits per heavy atom. The van der Waals surface area contributed by atoms with Gasteiger partial charge in [0.15, 0.2) is 6.29 Å². The number of amides is 1. The predicted molar refractivity (Wildman–Crippen MR) is 331 cm³/mol. The van der Waals surface area contributed by atoms with Crippen LogP contribution in [0.25, 0.3) is 0 Å². The summed E-state index contributed by atoms with van der Waals surface area (Å²) in [5.41, 5.74) is -4.50. The number of esters is 1. The maximum atomic E-state index is 14.8. The molecule has 17 heteroatoms. The minimum absolute atomic E-state index is 0.0347. The fourth-order valence-electron chi connectivity index (χ4n) is 15.6. The first-order valence-electron chi connectivity index (χ1n) is 32.2. The zero-order valence-electron chi connectivity index (χ0n) is 53.4. The standard InChI is InChI=1S/C67H111F2N2O12P/c1-14-55-66(10,78)59(74)48(6)71(56(72)34-28-20-18-16-15-17-19-21-29-39-84(50-30-24-22-25-31-50,51-32-26-23-27-33-51)52-35-37-67(68,69)38-36-52)43-44(2)41-64(8,77)61(83-63-58(73)53(70(11)12)40-45(3)80-63)46(4)57(47(5)62(76)82-55)54-42-65(9,79-13)60(75)49(7)81-54/h22-27,30-33,44-49,52-55,57-61,63,73-75,77-78,84H,14-21,28-29,34-43H2,1-13H3/t44-,45-,46+,47-,48-,49+,53+,54?,55-,57+,58-,59-,60+,61-,63+,64-,65-,66-/m1/s1. The van der Waals surface area contributed by atoms with E-state index in [-0.39, 0.29) is 68.8 Å². The molecule has 1 amide bonds. The molecule has 6 rings (SSSR count). The zero-order valence-corrected chi connectivity index (χ0v) is 54.4. The van der Waals surface area contributed by atoms with Gasteiger partial charge >= 0.3 is 207 Å². The Morgan fingerprint density at radius 3 is 1.87 bits per heavy atom. The summed E-state index contributed by atoms with van der Waals surface area (Å²) in [7, 11) is 2.93. The third-order valence-electron chi connectivity index (χ3n) is 20.5. The Balaban J connectivity index is 1.15. The first-order chi connectivity index (χ1) is 39.5. The van der Waals surface area contributed by atoms with Crippen molar-refractivity contribution in [2.24, 2.45) is 23.7 Å². The molecule has 3 aliphatic heterocycles. The molecule has 0 aromatic heterocycles. The van der Waals surface area contributed by atoms with Crippen molar-refractivity contribution < 1.29 is 67.6 Å². The van der Waals surface area contributed by atoms with E-state index in [2.05, 4.69) is 48.5 Å². The molecule has 84 heavy (non-hydrogen) atoms. The minimum atomic E-state index is -2.58. The number of rotatable bonds is 21. The summed E-state index contributed by atoms with van der Waals surface area (Å²) in [4.78, 5) is 33.0. The van der Waals surface area contributed by atoms with Crippen LogP contribution in [0.15, 0.2) is 60.7 Å². The number of hydrogen-bond acceptors (Lipinski definition) is 13. The number of ether oxygens (including phenoxy) is 5. The molecule has 3 saturated heterocycles. The van der Waals surface area contributed by atoms with E-state index in [1.165, 1.54) is 24.6 Å². The van der Waals surface area contributed by atoms with Gasteiger partial charge in [-0.3, -0.25) is 9.59 Å². The maximum Gasteiger partial charge on any atom is 0.126 e. The van der Waals surface area contributed by atoms with E-state index in [0.717, 1.165) is 57.5 Å². The van der Waals surface area contributed by atoms with E-state index in [9.17, 15) is 43.9 Å². The maximum absolute atomic E-state index is 14.8. The topological polar surface area (TPSA) is 188 Å². The number of likely N-dealkylation sites (N-methyl/N-ethyl adjacent to an activating group) is 1. The quantitative estimate of drug-likeness (QED) is 0.0452. The first-order valence-corrected chi connectivity index (χ1v) is 34.5. The molecule has 480 valence electrons. The summed E-state index contributed by atoms with van der Waals surface area (Å²) < 4.78 is 61.3. The van der Waals surface area contributed by atoms with Crippen molar-refractivity contribution in [2.45, 2.75) is 280 Å². The van der Waals surface area contributed by atoms with Crippen LogP contribution in [0.3, 0.4) is 0 Å². The first kappa shape index (κ1) is 70.4. The summed E-state index contributed by atoms with van der Waals surface area (Å²) >= 11 is 0. The molecular weight excluding hydrogens is 1090 g/mol. The molecule has 4 fully saturated rings. The Morgan fingerprint density at radius 2 is 1.33 bits per heavy atom. The predicted octanol–water partition coefficient (Wildman–Crippen LogP) is 9.95. The molecule has 18 atom stereocenters. The van der Waals surface area contributed by atoms with Gasteiger partial charge in [0.2, 0.25) is 0 Å². The SMILES string of the molecule is CC[C@H]1OC(=O)[C@H](C)[C@@H](C2C[C@@](C)(OC)[C@@H](O)[C@H](C)O2)[C@H](C)[C@@H](O[C@@H]2O[C@H](C)C[C@H](N(C)C)[C@H]2O)[C@](C)(O)C[C@@H](C)CN(C(=O)CCCCCCCCCCC[PH](c2ccccc2)(c2ccccc2)C2CCC(F)(F)CC2)[C@H](C)[C@@H](O)[C@]1(C)O. The zero-order chi connectivity index (χ0) is 62.0. The molecule has 0 bridgehead atoms. The van der Waals surface area contributed by atoms with Crippen LogP contribution in [0.5, 0.6) is 0 Å². The summed E-state index contributed by atoms with van der Waals surface area (Å²) in [5, 5.41) is 63.6. The van der Waals surface area contributed by atoms with Crippen LogP contribution < -0.4 is 10.6 Å². The second kappa shape index (κ2) is 30.7. The summed E-state index contributed by atoms with van der Waals surface area (Å²) in [5.74, 6) is -6.31. The number of halogens is 2. The van der Waals surface area contributed by atoms with Crippen LogP contribution in [-0.4, -0.2) is 177 Å². The Kier molecular flexibility index (Phi) is 25.7. The van der Waals surface area contributed by atoms with Gasteiger partial charge in [0.05, 0.1) is 47.6 Å². The monoisotopic (exact) mass is 1200 g/mol. The number of unbranched alkanes of at least 4 members (excludes halogenated alkanes) is 8. The van der Waals surface area contributed by atoms with Crippen LogP contribution >= 0.6 is 7.26 Å². The average Bonchev–Trinajstić information content (AvgIpc) is 1.98. The molecule has 5 N–H and O–H groups in total. The van der Waals surface area contributed by atoms with E-state index in [1.807, 2.05) is 51.9 Å². The van der Waals surface area contributed by atoms with Gasteiger partial charge in [-0.15, -0.1) is 0 Å². The van der Waals surface area contributed by atoms with Crippen molar-refractivity contribution in [1.29, 1.82) is 0 Å². The number of aliphatic hydroxyl groups is 5. The van der Waals surface area contributed by atoms with Gasteiger partial charge in [0.25, 0.3) is 0 Å². The Labute approximate surface area is 503 Å². The Bertz CT molecular complexity index is 2270. The van der Waals surface area contributed by atoms with Crippen LogP contribution in [0.1, 0.15) is 185 Å². The van der Waals surface area contributed by atoms with Crippen LogP contribution in [0.4, 0.5) is 8.78 Å². The molecule has 4 aliphatic rings. The van der Waals surface area contributed by atoms with E-state index in [1.54, 1.807) is 46.4 Å². The number of carbonyl (C=O) groups excluding carboxylic acids is 2. The summed E-state index contributed by atoms with van der Waals surface area (Å²) in [6.45, 7) is 17.7. The van der Waals surface area contributed by atoms with E-state index in [4.69, 9.17) is 23.7 Å². The normalized spacial score (nSPS) is 37.3. The van der Waals surface area contributed by atoms with Gasteiger partial charge in [-0.2, -0.15) is 0 Å². The van der Waals surface area contributed by atoms with E-state index >= 15 is 0 Å². The number of cyclic esters (lactones) is 1. The number of aliphatic hydroxyl groups excluding tert-OH is 3. The van der Waals surface area contributed by atoms with Crippen LogP contribution in [-0.2, 0) is 33.3 Å². The van der Waals surface area contributed by atoms with Gasteiger partial charge < -0.3 is 59.0 Å². The molecule has 2 aromatic carbocycles. The second-order valence-corrected chi connectivity index (χ2v) is 31.8. The van der Waals surface area contributed by atoms with Gasteiger partial charge in [0.1, 0.15) is 30.0 Å². The van der Waals surface area contributed by atoms with Crippen molar-refractivity contribution in [1.82, 2.24) is 9.80 Å². The van der Waals surface area contributed by atoms with Gasteiger partial charge in [-0.25, -0.2) is 0 Å². The van der Waals surface area contributed by atoms with E-state index < -0.39 is 115 Å². The molecule has 0 spiro atoms. The summed E-state index contributed by atoms with van der Waals surface area (Å²) in [6, 6.07) is 20.2. The van der Waals surface area contributed by atoms with Gasteiger partial charge in [-0.05, 0) is 86.7 Å². The van der Waals surface area contributed by atoms with Gasteiger partial charge in [-0.1, -0.05) is 27.7 Å². The smallest absolute Gasteiger partial charge is 0.126 e. The fourth-order valence-corrected chi connectivity index (χ4v) is 21.5. The summed E-state index contributed by atoms with van der Waals surface area (Å²) in [6.07, 6.45) is 3.23.